The highest BCUT2D eigenvalue weighted by molar-refractivity contribution is 5.71. The molecule has 0 amide bonds. The van der Waals surface area contributed by atoms with Gasteiger partial charge in [-0.2, -0.15) is 0 Å². The summed E-state index contributed by atoms with van der Waals surface area (Å²) < 4.78 is 16.7. The van der Waals surface area contributed by atoms with E-state index in [2.05, 4.69) is 32.9 Å². The van der Waals surface area contributed by atoms with Gasteiger partial charge in [0.05, 0.1) is 0 Å². The molecule has 0 saturated heterocycles. The number of carbonyl (C=O) groups excluding carboxylic acids is 3. The second kappa shape index (κ2) is 50.2. The van der Waals surface area contributed by atoms with Crippen molar-refractivity contribution in [3.05, 3.63) is 85.1 Å². The summed E-state index contributed by atoms with van der Waals surface area (Å²) in [7, 11) is 0. The Balaban J connectivity index is 4.43. The maximum absolute atomic E-state index is 12.8. The molecule has 6 heteroatoms. The fourth-order valence-electron chi connectivity index (χ4n) is 7.01. The Hall–Kier alpha value is -3.41. The topological polar surface area (TPSA) is 78.9 Å². The van der Waals surface area contributed by atoms with Crippen LogP contribution >= 0.6 is 0 Å². The molecular formula is C56H94O6. The molecule has 1 unspecified atom stereocenters. The fourth-order valence-corrected chi connectivity index (χ4v) is 7.01. The van der Waals surface area contributed by atoms with E-state index >= 15 is 0 Å². The summed E-state index contributed by atoms with van der Waals surface area (Å²) in [5, 5.41) is 0. The molecule has 0 saturated carbocycles. The average Bonchev–Trinajstić information content (AvgIpc) is 3.27. The van der Waals surface area contributed by atoms with Crippen molar-refractivity contribution in [3.63, 3.8) is 0 Å². The Morgan fingerprint density at radius 1 is 0.339 bits per heavy atom. The molecule has 0 bridgehead atoms. The molecule has 6 nitrogen and oxygen atoms in total. The van der Waals surface area contributed by atoms with Gasteiger partial charge in [0.1, 0.15) is 13.2 Å². The molecule has 62 heavy (non-hydrogen) atoms. The highest BCUT2D eigenvalue weighted by Crippen LogP contribution is 2.15. The molecule has 0 fully saturated rings. The van der Waals surface area contributed by atoms with E-state index in [1.165, 1.54) is 122 Å². The van der Waals surface area contributed by atoms with Crippen molar-refractivity contribution in [1.82, 2.24) is 0 Å². The van der Waals surface area contributed by atoms with Gasteiger partial charge in [0.25, 0.3) is 0 Å². The predicted octanol–water partition coefficient (Wildman–Crippen LogP) is 16.8. The van der Waals surface area contributed by atoms with Gasteiger partial charge in [0, 0.05) is 19.3 Å². The number of hydrogen-bond donors (Lipinski definition) is 0. The SMILES string of the molecule is CC\C=C/C=C\C=C/C=C\C=C\C=C/C=C\CCCCCC(=O)OCC(COC(=O)CCCCCCCCCCC)OC(=O)CCCCCCCCCCCCCCCCCC. The minimum Gasteiger partial charge on any atom is -0.462 e. The Labute approximate surface area is 382 Å². The quantitative estimate of drug-likeness (QED) is 0.0263. The zero-order valence-electron chi connectivity index (χ0n) is 40.4. The molecule has 354 valence electrons. The minimum absolute atomic E-state index is 0.0892. The van der Waals surface area contributed by atoms with Crippen molar-refractivity contribution in [3.8, 4) is 0 Å². The third kappa shape index (κ3) is 47.6. The molecule has 0 aliphatic rings. The molecule has 0 aromatic rings. The van der Waals surface area contributed by atoms with Crippen LogP contribution in [0.25, 0.3) is 0 Å². The van der Waals surface area contributed by atoms with Gasteiger partial charge in [-0.1, -0.05) is 260 Å². The average molecular weight is 863 g/mol. The lowest BCUT2D eigenvalue weighted by Gasteiger charge is -2.18. The van der Waals surface area contributed by atoms with Gasteiger partial charge in [-0.15, -0.1) is 0 Å². The van der Waals surface area contributed by atoms with Crippen LogP contribution in [-0.4, -0.2) is 37.2 Å². The van der Waals surface area contributed by atoms with Crippen LogP contribution < -0.4 is 0 Å². The van der Waals surface area contributed by atoms with Crippen molar-refractivity contribution in [2.45, 2.75) is 239 Å². The molecule has 0 heterocycles. The molecule has 0 aromatic heterocycles. The maximum atomic E-state index is 12.8. The number of carbonyl (C=O) groups is 3. The molecule has 0 spiro atoms. The van der Waals surface area contributed by atoms with Crippen LogP contribution in [0.15, 0.2) is 85.1 Å². The number of allylic oxidation sites excluding steroid dienone is 14. The van der Waals surface area contributed by atoms with E-state index in [1.54, 1.807) is 0 Å². The molecule has 0 N–H and O–H groups in total. The fraction of sp³-hybridized carbons (Fsp3) is 0.696. The van der Waals surface area contributed by atoms with Crippen molar-refractivity contribution in [1.29, 1.82) is 0 Å². The van der Waals surface area contributed by atoms with Gasteiger partial charge < -0.3 is 14.2 Å². The molecule has 0 aliphatic heterocycles. The lowest BCUT2D eigenvalue weighted by Crippen LogP contribution is -2.30. The summed E-state index contributed by atoms with van der Waals surface area (Å²) in [6, 6.07) is 0. The summed E-state index contributed by atoms with van der Waals surface area (Å²) in [4.78, 5) is 37.9. The first-order chi connectivity index (χ1) is 30.5. The Morgan fingerprint density at radius 3 is 0.984 bits per heavy atom. The van der Waals surface area contributed by atoms with Crippen molar-refractivity contribution < 1.29 is 28.6 Å². The first kappa shape index (κ1) is 58.6. The van der Waals surface area contributed by atoms with Crippen molar-refractivity contribution in [2.24, 2.45) is 0 Å². The van der Waals surface area contributed by atoms with E-state index in [4.69, 9.17) is 14.2 Å². The number of esters is 3. The van der Waals surface area contributed by atoms with Crippen molar-refractivity contribution >= 4 is 17.9 Å². The number of hydrogen-bond acceptors (Lipinski definition) is 6. The molecule has 1 atom stereocenters. The van der Waals surface area contributed by atoms with E-state index in [9.17, 15) is 14.4 Å². The molecular weight excluding hydrogens is 769 g/mol. The first-order valence-corrected chi connectivity index (χ1v) is 25.7. The Kier molecular flexibility index (Phi) is 47.5. The van der Waals surface area contributed by atoms with Crippen LogP contribution in [-0.2, 0) is 28.6 Å². The lowest BCUT2D eigenvalue weighted by molar-refractivity contribution is -0.167. The van der Waals surface area contributed by atoms with Crippen molar-refractivity contribution in [2.75, 3.05) is 13.2 Å². The van der Waals surface area contributed by atoms with E-state index in [0.717, 1.165) is 70.6 Å². The number of ether oxygens (including phenoxy) is 3. The minimum atomic E-state index is -0.791. The van der Waals surface area contributed by atoms with Crippen LogP contribution in [0.5, 0.6) is 0 Å². The zero-order valence-corrected chi connectivity index (χ0v) is 40.4. The van der Waals surface area contributed by atoms with Gasteiger partial charge in [0.15, 0.2) is 6.10 Å². The summed E-state index contributed by atoms with van der Waals surface area (Å²) >= 11 is 0. The Bertz CT molecular complexity index is 1220. The Morgan fingerprint density at radius 2 is 0.629 bits per heavy atom. The van der Waals surface area contributed by atoms with E-state index in [0.29, 0.717) is 19.3 Å². The summed E-state index contributed by atoms with van der Waals surface area (Å²) in [5.74, 6) is -0.936. The normalized spacial score (nSPS) is 12.8. The zero-order chi connectivity index (χ0) is 45.1. The van der Waals surface area contributed by atoms with Crippen LogP contribution in [0.3, 0.4) is 0 Å². The van der Waals surface area contributed by atoms with Gasteiger partial charge >= 0.3 is 17.9 Å². The number of rotatable bonds is 45. The van der Waals surface area contributed by atoms with Gasteiger partial charge in [-0.3, -0.25) is 14.4 Å². The van der Waals surface area contributed by atoms with E-state index < -0.39 is 6.10 Å². The highest BCUT2D eigenvalue weighted by atomic mass is 16.6. The molecule has 0 radical (unpaired) electrons. The van der Waals surface area contributed by atoms with Crippen LogP contribution in [0.1, 0.15) is 233 Å². The van der Waals surface area contributed by atoms with Crippen LogP contribution in [0.2, 0.25) is 0 Å². The second-order valence-corrected chi connectivity index (χ2v) is 16.9. The third-order valence-corrected chi connectivity index (χ3v) is 10.9. The second-order valence-electron chi connectivity index (χ2n) is 16.9. The van der Waals surface area contributed by atoms with E-state index in [1.807, 2.05) is 72.9 Å². The smallest absolute Gasteiger partial charge is 0.306 e. The van der Waals surface area contributed by atoms with E-state index in [-0.39, 0.29) is 31.1 Å². The van der Waals surface area contributed by atoms with Gasteiger partial charge in [0.2, 0.25) is 0 Å². The predicted molar refractivity (Wildman–Crippen MR) is 265 cm³/mol. The van der Waals surface area contributed by atoms with Crippen LogP contribution in [0, 0.1) is 0 Å². The maximum Gasteiger partial charge on any atom is 0.306 e. The largest absolute Gasteiger partial charge is 0.462 e. The molecule has 0 rings (SSSR count). The first-order valence-electron chi connectivity index (χ1n) is 25.7. The third-order valence-electron chi connectivity index (χ3n) is 10.9. The van der Waals surface area contributed by atoms with Crippen LogP contribution in [0.4, 0.5) is 0 Å². The van der Waals surface area contributed by atoms with Gasteiger partial charge in [-0.25, -0.2) is 0 Å². The summed E-state index contributed by atoms with van der Waals surface area (Å²) in [6.07, 6.45) is 64.2. The molecule has 0 aliphatic carbocycles. The lowest BCUT2D eigenvalue weighted by atomic mass is 10.0. The number of unbranched alkanes of at least 4 members (excludes halogenated alkanes) is 26. The monoisotopic (exact) mass is 863 g/mol. The van der Waals surface area contributed by atoms with Gasteiger partial charge in [-0.05, 0) is 38.5 Å². The molecule has 0 aromatic carbocycles. The summed E-state index contributed by atoms with van der Waals surface area (Å²) in [6.45, 7) is 6.44. The summed E-state index contributed by atoms with van der Waals surface area (Å²) in [5.41, 5.74) is 0. The highest BCUT2D eigenvalue weighted by Gasteiger charge is 2.19. The standard InChI is InChI=1S/C56H94O6/c1-4-7-10-13-16-19-21-23-25-27-28-29-31-32-34-37-40-43-46-49-55(58)61-52-53(51-60-54(57)48-45-42-39-36-18-15-12-9-6-3)62-56(59)50-47-44-41-38-35-33-30-26-24-22-20-17-14-11-8-5-2/h7,10,13,16,19,21,23,25,27-29,31-32,34,53H,4-6,8-9,11-12,14-15,17-18,20,22,24,26,30,33,35-52H2,1-3H3/b10-7-,16-13-,21-19-,25-23-,28-27+,31-29-,34-32-.